The maximum atomic E-state index is 5.51. The van der Waals surface area contributed by atoms with Crippen molar-refractivity contribution in [3.8, 4) is 0 Å². The number of piperazine rings is 1. The van der Waals surface area contributed by atoms with Gasteiger partial charge in [0.05, 0.1) is 12.2 Å². The summed E-state index contributed by atoms with van der Waals surface area (Å²) in [6.07, 6.45) is 1.93. The van der Waals surface area contributed by atoms with Gasteiger partial charge in [-0.15, -0.1) is 5.10 Å². The van der Waals surface area contributed by atoms with E-state index in [1.54, 1.807) is 0 Å². The van der Waals surface area contributed by atoms with Crippen LogP contribution in [-0.2, 0) is 13.1 Å². The third-order valence-corrected chi connectivity index (χ3v) is 3.38. The van der Waals surface area contributed by atoms with Crippen molar-refractivity contribution >= 4 is 0 Å². The minimum atomic E-state index is 0.463. The fourth-order valence-electron chi connectivity index (χ4n) is 2.28. The Balaban J connectivity index is 1.81. The Kier molecular flexibility index (Phi) is 4.09. The summed E-state index contributed by atoms with van der Waals surface area (Å²) >= 11 is 0. The normalized spacial score (nSPS) is 23.1. The minimum Gasteiger partial charge on any atom is -0.325 e. The lowest BCUT2D eigenvalue weighted by Gasteiger charge is -2.38. The zero-order valence-corrected chi connectivity index (χ0v) is 10.7. The van der Waals surface area contributed by atoms with E-state index < -0.39 is 0 Å². The molecule has 1 aromatic heterocycles. The van der Waals surface area contributed by atoms with Crippen LogP contribution in [0.4, 0.5) is 0 Å². The highest BCUT2D eigenvalue weighted by Gasteiger charge is 2.20. The maximum absolute atomic E-state index is 5.51. The van der Waals surface area contributed by atoms with Crippen LogP contribution in [0.2, 0.25) is 0 Å². The van der Waals surface area contributed by atoms with Gasteiger partial charge in [0.25, 0.3) is 0 Å². The van der Waals surface area contributed by atoms with E-state index in [0.717, 1.165) is 38.4 Å². The summed E-state index contributed by atoms with van der Waals surface area (Å²) in [6.45, 7) is 8.09. The quantitative estimate of drug-likeness (QED) is 0.757. The average molecular weight is 238 g/mol. The van der Waals surface area contributed by atoms with Gasteiger partial charge in [0.15, 0.2) is 0 Å². The molecule has 1 atom stereocenters. The number of likely N-dealkylation sites (N-methyl/N-ethyl adjacent to an activating group) is 1. The van der Waals surface area contributed by atoms with Crippen molar-refractivity contribution in [2.45, 2.75) is 26.1 Å². The molecule has 1 fully saturated rings. The Hall–Kier alpha value is -0.980. The minimum absolute atomic E-state index is 0.463. The van der Waals surface area contributed by atoms with Crippen molar-refractivity contribution in [1.82, 2.24) is 24.8 Å². The first kappa shape index (κ1) is 12.5. The number of hydrogen-bond acceptors (Lipinski definition) is 5. The zero-order valence-electron chi connectivity index (χ0n) is 10.7. The van der Waals surface area contributed by atoms with Gasteiger partial charge in [0, 0.05) is 45.0 Å². The fourth-order valence-corrected chi connectivity index (χ4v) is 2.28. The van der Waals surface area contributed by atoms with E-state index in [4.69, 9.17) is 5.73 Å². The smallest absolute Gasteiger partial charge is 0.0962 e. The summed E-state index contributed by atoms with van der Waals surface area (Å²) < 4.78 is 1.88. The second kappa shape index (κ2) is 5.57. The van der Waals surface area contributed by atoms with Gasteiger partial charge in [-0.2, -0.15) is 0 Å². The van der Waals surface area contributed by atoms with Crippen molar-refractivity contribution in [1.29, 1.82) is 0 Å². The molecule has 0 aliphatic carbocycles. The van der Waals surface area contributed by atoms with E-state index in [0.29, 0.717) is 12.6 Å². The Bertz CT molecular complexity index is 349. The van der Waals surface area contributed by atoms with Gasteiger partial charge in [0.1, 0.15) is 0 Å². The van der Waals surface area contributed by atoms with E-state index in [2.05, 4.69) is 34.1 Å². The Morgan fingerprint density at radius 3 is 2.88 bits per heavy atom. The standard InChI is InChI=1S/C11H22N6/c1-10-8-15(2)3-4-16(10)5-6-17-9-11(7-12)13-14-17/h9-10H,3-8,12H2,1-2H3. The molecule has 0 bridgehead atoms. The van der Waals surface area contributed by atoms with Crippen LogP contribution in [-0.4, -0.2) is 64.1 Å². The second-order valence-corrected chi connectivity index (χ2v) is 4.82. The molecule has 96 valence electrons. The molecule has 0 aromatic carbocycles. The van der Waals surface area contributed by atoms with Crippen molar-refractivity contribution in [2.75, 3.05) is 33.2 Å². The SMILES string of the molecule is CC1CN(C)CCN1CCn1cc(CN)nn1. The van der Waals surface area contributed by atoms with Crippen LogP contribution in [0, 0.1) is 0 Å². The first-order valence-corrected chi connectivity index (χ1v) is 6.20. The topological polar surface area (TPSA) is 63.2 Å². The molecule has 1 aliphatic rings. The predicted molar refractivity (Wildman–Crippen MR) is 66.4 cm³/mol. The first-order valence-electron chi connectivity index (χ1n) is 6.20. The van der Waals surface area contributed by atoms with Gasteiger partial charge in [0.2, 0.25) is 0 Å². The monoisotopic (exact) mass is 238 g/mol. The largest absolute Gasteiger partial charge is 0.325 e. The molecule has 17 heavy (non-hydrogen) atoms. The van der Waals surface area contributed by atoms with Crippen molar-refractivity contribution in [3.63, 3.8) is 0 Å². The number of rotatable bonds is 4. The molecule has 6 heteroatoms. The van der Waals surface area contributed by atoms with Crippen LogP contribution in [0.15, 0.2) is 6.20 Å². The lowest BCUT2D eigenvalue weighted by atomic mass is 10.2. The highest BCUT2D eigenvalue weighted by atomic mass is 15.4. The van der Waals surface area contributed by atoms with Gasteiger partial charge in [-0.1, -0.05) is 5.21 Å². The second-order valence-electron chi connectivity index (χ2n) is 4.82. The molecule has 6 nitrogen and oxygen atoms in total. The summed E-state index contributed by atoms with van der Waals surface area (Å²) in [5.41, 5.74) is 6.37. The molecule has 0 spiro atoms. The average Bonchev–Trinajstić information content (AvgIpc) is 2.76. The van der Waals surface area contributed by atoms with Crippen LogP contribution in [0.5, 0.6) is 0 Å². The molecule has 2 heterocycles. The lowest BCUT2D eigenvalue weighted by Crippen LogP contribution is -2.51. The molecule has 1 saturated heterocycles. The Morgan fingerprint density at radius 2 is 2.24 bits per heavy atom. The molecular weight excluding hydrogens is 216 g/mol. The zero-order chi connectivity index (χ0) is 12.3. The van der Waals surface area contributed by atoms with Crippen molar-refractivity contribution in [3.05, 3.63) is 11.9 Å². The molecule has 1 aromatic rings. The molecule has 2 rings (SSSR count). The van der Waals surface area contributed by atoms with Gasteiger partial charge in [-0.3, -0.25) is 9.58 Å². The van der Waals surface area contributed by atoms with E-state index in [1.807, 2.05) is 10.9 Å². The highest BCUT2D eigenvalue weighted by molar-refractivity contribution is 4.90. The molecule has 1 unspecified atom stereocenters. The van der Waals surface area contributed by atoms with E-state index in [1.165, 1.54) is 0 Å². The molecular formula is C11H22N6. The summed E-state index contributed by atoms with van der Waals surface area (Å²) in [7, 11) is 2.18. The van der Waals surface area contributed by atoms with Gasteiger partial charge in [-0.25, -0.2) is 0 Å². The summed E-state index contributed by atoms with van der Waals surface area (Å²) in [4.78, 5) is 4.88. The summed E-state index contributed by atoms with van der Waals surface area (Å²) in [5.74, 6) is 0. The molecule has 1 aliphatic heterocycles. The number of aromatic nitrogens is 3. The number of nitrogens with zero attached hydrogens (tertiary/aromatic N) is 5. The van der Waals surface area contributed by atoms with Crippen LogP contribution >= 0.6 is 0 Å². The summed E-state index contributed by atoms with van der Waals surface area (Å²) in [6, 6.07) is 0.617. The Morgan fingerprint density at radius 1 is 1.41 bits per heavy atom. The number of hydrogen-bond donors (Lipinski definition) is 1. The predicted octanol–water partition coefficient (Wildman–Crippen LogP) is -0.627. The van der Waals surface area contributed by atoms with Crippen molar-refractivity contribution in [2.24, 2.45) is 5.73 Å². The number of nitrogens with two attached hydrogens (primary N) is 1. The van der Waals surface area contributed by atoms with Crippen LogP contribution in [0.1, 0.15) is 12.6 Å². The third kappa shape index (κ3) is 3.24. The van der Waals surface area contributed by atoms with E-state index in [9.17, 15) is 0 Å². The van der Waals surface area contributed by atoms with Gasteiger partial charge in [-0.05, 0) is 14.0 Å². The Labute approximate surface area is 102 Å². The van der Waals surface area contributed by atoms with Crippen molar-refractivity contribution < 1.29 is 0 Å². The molecule has 0 amide bonds. The van der Waals surface area contributed by atoms with Gasteiger partial charge >= 0.3 is 0 Å². The molecule has 0 radical (unpaired) electrons. The molecule has 2 N–H and O–H groups in total. The van der Waals surface area contributed by atoms with E-state index in [-0.39, 0.29) is 0 Å². The highest BCUT2D eigenvalue weighted by Crippen LogP contribution is 2.07. The van der Waals surface area contributed by atoms with Crippen LogP contribution in [0.3, 0.4) is 0 Å². The van der Waals surface area contributed by atoms with Crippen LogP contribution in [0.25, 0.3) is 0 Å². The van der Waals surface area contributed by atoms with E-state index >= 15 is 0 Å². The summed E-state index contributed by atoms with van der Waals surface area (Å²) in [5, 5.41) is 8.05. The third-order valence-electron chi connectivity index (χ3n) is 3.38. The van der Waals surface area contributed by atoms with Crippen LogP contribution < -0.4 is 5.73 Å². The molecule has 0 saturated carbocycles. The fraction of sp³-hybridized carbons (Fsp3) is 0.818. The van der Waals surface area contributed by atoms with Gasteiger partial charge < -0.3 is 10.6 Å². The first-order chi connectivity index (χ1) is 8.19. The lowest BCUT2D eigenvalue weighted by molar-refractivity contribution is 0.0957. The maximum Gasteiger partial charge on any atom is 0.0962 e.